The van der Waals surface area contributed by atoms with Crippen LogP contribution in [0.5, 0.6) is 5.75 Å². The molecule has 1 saturated heterocycles. The Morgan fingerprint density at radius 2 is 2.06 bits per heavy atom. The molecule has 0 saturated carbocycles. The maximum atomic E-state index is 11.2. The van der Waals surface area contributed by atoms with Crippen molar-refractivity contribution < 1.29 is 14.7 Å². The smallest absolute Gasteiger partial charge is 0.272 e. The molecule has 17 heavy (non-hydrogen) atoms. The average Bonchev–Trinajstić information content (AvgIpc) is 2.58. The number of carbonyl (C=O) groups excluding carboxylic acids is 1. The number of methoxy groups -OCH3 is 1. The van der Waals surface area contributed by atoms with Gasteiger partial charge >= 0.3 is 0 Å². The van der Waals surface area contributed by atoms with Crippen LogP contribution in [0, 0.1) is 0 Å². The van der Waals surface area contributed by atoms with Crippen LogP contribution in [0.2, 0.25) is 0 Å². The third kappa shape index (κ3) is 2.37. The van der Waals surface area contributed by atoms with Crippen molar-refractivity contribution in [1.29, 1.82) is 0 Å². The summed E-state index contributed by atoms with van der Waals surface area (Å²) in [6.45, 7) is 0.604. The van der Waals surface area contributed by atoms with E-state index in [2.05, 4.69) is 0 Å². The molecule has 1 heterocycles. The van der Waals surface area contributed by atoms with Crippen molar-refractivity contribution in [2.24, 2.45) is 0 Å². The monoisotopic (exact) mass is 252 g/mol. The summed E-state index contributed by atoms with van der Waals surface area (Å²) >= 11 is 4.94. The number of amides is 1. The van der Waals surface area contributed by atoms with Crippen LogP contribution < -0.4 is 4.74 Å². The van der Waals surface area contributed by atoms with E-state index in [1.807, 2.05) is 24.3 Å². The molecule has 0 spiro atoms. The molecule has 0 bridgehead atoms. The first kappa shape index (κ1) is 11.8. The first-order valence-electron chi connectivity index (χ1n) is 5.05. The lowest BCUT2D eigenvalue weighted by molar-refractivity contribution is -0.144. The van der Waals surface area contributed by atoms with Gasteiger partial charge in [-0.2, -0.15) is 5.06 Å². The predicted octanol–water partition coefficient (Wildman–Crippen LogP) is 1.01. The van der Waals surface area contributed by atoms with Gasteiger partial charge < -0.3 is 9.64 Å². The quantitative estimate of drug-likeness (QED) is 0.643. The van der Waals surface area contributed by atoms with E-state index in [1.165, 1.54) is 0 Å². The summed E-state index contributed by atoms with van der Waals surface area (Å²) in [5, 5.41) is 9.93. The third-order valence-electron chi connectivity index (χ3n) is 2.55. The Kier molecular flexibility index (Phi) is 3.26. The number of thiocarbonyl (C=S) groups is 1. The SMILES string of the molecule is COc1ccc(CN2CC(=O)N(O)C2=S)cc1. The van der Waals surface area contributed by atoms with E-state index in [9.17, 15) is 10.0 Å². The molecular formula is C11H12N2O3S. The normalized spacial score (nSPS) is 15.6. The molecule has 5 nitrogen and oxygen atoms in total. The molecule has 90 valence electrons. The Balaban J connectivity index is 2.06. The zero-order chi connectivity index (χ0) is 12.4. The van der Waals surface area contributed by atoms with E-state index >= 15 is 0 Å². The zero-order valence-electron chi connectivity index (χ0n) is 9.29. The summed E-state index contributed by atoms with van der Waals surface area (Å²) in [4.78, 5) is 12.9. The lowest BCUT2D eigenvalue weighted by Gasteiger charge is -2.16. The van der Waals surface area contributed by atoms with Crippen molar-refractivity contribution in [3.05, 3.63) is 29.8 Å². The van der Waals surface area contributed by atoms with Gasteiger partial charge in [0, 0.05) is 6.54 Å². The van der Waals surface area contributed by atoms with Crippen LogP contribution in [0.3, 0.4) is 0 Å². The average molecular weight is 252 g/mol. The number of nitrogens with zero attached hydrogens (tertiary/aromatic N) is 2. The molecule has 1 aliphatic rings. The van der Waals surface area contributed by atoms with Crippen LogP contribution in [0.15, 0.2) is 24.3 Å². The maximum absolute atomic E-state index is 11.2. The highest BCUT2D eigenvalue weighted by atomic mass is 32.1. The van der Waals surface area contributed by atoms with Crippen molar-refractivity contribution in [2.45, 2.75) is 6.54 Å². The molecule has 0 aliphatic carbocycles. The summed E-state index contributed by atoms with van der Waals surface area (Å²) < 4.78 is 5.05. The number of hydrogen-bond donors (Lipinski definition) is 1. The van der Waals surface area contributed by atoms with Gasteiger partial charge in [0.1, 0.15) is 12.3 Å². The van der Waals surface area contributed by atoms with Crippen LogP contribution in [0.4, 0.5) is 0 Å². The molecule has 1 aliphatic heterocycles. The molecule has 1 aromatic carbocycles. The number of carbonyl (C=O) groups is 1. The van der Waals surface area contributed by atoms with Gasteiger partial charge in [0.15, 0.2) is 0 Å². The molecule has 0 unspecified atom stereocenters. The molecule has 0 aromatic heterocycles. The van der Waals surface area contributed by atoms with E-state index in [0.717, 1.165) is 11.3 Å². The highest BCUT2D eigenvalue weighted by Crippen LogP contribution is 2.16. The second-order valence-corrected chi connectivity index (χ2v) is 4.06. The highest BCUT2D eigenvalue weighted by molar-refractivity contribution is 7.80. The topological polar surface area (TPSA) is 53.0 Å². The Morgan fingerprint density at radius 3 is 2.53 bits per heavy atom. The van der Waals surface area contributed by atoms with Crippen LogP contribution in [-0.2, 0) is 11.3 Å². The summed E-state index contributed by atoms with van der Waals surface area (Å²) in [6, 6.07) is 7.47. The maximum Gasteiger partial charge on any atom is 0.272 e. The number of hydrogen-bond acceptors (Lipinski definition) is 4. The van der Waals surface area contributed by atoms with Gasteiger partial charge in [0.2, 0.25) is 5.11 Å². The van der Waals surface area contributed by atoms with Crippen molar-refractivity contribution in [3.8, 4) is 5.75 Å². The summed E-state index contributed by atoms with van der Waals surface area (Å²) in [7, 11) is 1.60. The molecule has 0 radical (unpaired) electrons. The molecule has 0 atom stereocenters. The Hall–Kier alpha value is -1.66. The Labute approximate surface area is 104 Å². The molecule has 1 amide bonds. The van der Waals surface area contributed by atoms with E-state index in [4.69, 9.17) is 17.0 Å². The van der Waals surface area contributed by atoms with E-state index in [1.54, 1.807) is 12.0 Å². The second-order valence-electron chi connectivity index (χ2n) is 3.69. The van der Waals surface area contributed by atoms with Crippen molar-refractivity contribution in [1.82, 2.24) is 9.96 Å². The van der Waals surface area contributed by atoms with Gasteiger partial charge in [-0.25, -0.2) is 0 Å². The minimum Gasteiger partial charge on any atom is -0.497 e. The van der Waals surface area contributed by atoms with Crippen molar-refractivity contribution in [2.75, 3.05) is 13.7 Å². The summed E-state index contributed by atoms with van der Waals surface area (Å²) in [5.41, 5.74) is 0.997. The van der Waals surface area contributed by atoms with Gasteiger partial charge in [0.05, 0.1) is 7.11 Å². The predicted molar refractivity (Wildman–Crippen MR) is 64.6 cm³/mol. The molecule has 2 rings (SSSR count). The van der Waals surface area contributed by atoms with Gasteiger partial charge in [-0.15, -0.1) is 0 Å². The van der Waals surface area contributed by atoms with E-state index in [0.29, 0.717) is 11.6 Å². The number of ether oxygens (including phenoxy) is 1. The highest BCUT2D eigenvalue weighted by Gasteiger charge is 2.31. The first-order chi connectivity index (χ1) is 8.11. The van der Waals surface area contributed by atoms with Gasteiger partial charge in [-0.05, 0) is 29.9 Å². The Morgan fingerprint density at radius 1 is 1.41 bits per heavy atom. The van der Waals surface area contributed by atoms with Gasteiger partial charge in [-0.3, -0.25) is 10.0 Å². The standard InChI is InChI=1S/C11H12N2O3S/c1-16-9-4-2-8(3-5-9)6-12-7-10(14)13(15)11(12)17/h2-5,15H,6-7H2,1H3. The number of rotatable bonds is 3. The van der Waals surface area contributed by atoms with Crippen molar-refractivity contribution >= 4 is 23.2 Å². The molecule has 1 aromatic rings. The first-order valence-corrected chi connectivity index (χ1v) is 5.46. The number of hydroxylamine groups is 2. The van der Waals surface area contributed by atoms with E-state index in [-0.39, 0.29) is 11.7 Å². The summed E-state index contributed by atoms with van der Waals surface area (Å²) in [6.07, 6.45) is 0. The largest absolute Gasteiger partial charge is 0.497 e. The fourth-order valence-electron chi connectivity index (χ4n) is 1.61. The van der Waals surface area contributed by atoms with E-state index < -0.39 is 5.91 Å². The minimum atomic E-state index is -0.400. The lowest BCUT2D eigenvalue weighted by atomic mass is 10.2. The van der Waals surface area contributed by atoms with Gasteiger partial charge in [0.25, 0.3) is 5.91 Å². The molecular weight excluding hydrogens is 240 g/mol. The summed E-state index contributed by atoms with van der Waals surface area (Å²) in [5.74, 6) is 0.376. The molecule has 1 N–H and O–H groups in total. The lowest BCUT2D eigenvalue weighted by Crippen LogP contribution is -2.29. The van der Waals surface area contributed by atoms with Gasteiger partial charge in [-0.1, -0.05) is 12.1 Å². The molecule has 6 heteroatoms. The van der Waals surface area contributed by atoms with Crippen LogP contribution in [0.25, 0.3) is 0 Å². The third-order valence-corrected chi connectivity index (χ3v) is 2.98. The minimum absolute atomic E-state index is 0.112. The zero-order valence-corrected chi connectivity index (χ0v) is 10.1. The Bertz CT molecular complexity index is 447. The fourth-order valence-corrected chi connectivity index (χ4v) is 1.84. The van der Waals surface area contributed by atoms with Crippen LogP contribution >= 0.6 is 12.2 Å². The van der Waals surface area contributed by atoms with Crippen molar-refractivity contribution in [3.63, 3.8) is 0 Å². The fraction of sp³-hybridized carbons (Fsp3) is 0.273. The van der Waals surface area contributed by atoms with Crippen LogP contribution in [-0.4, -0.2) is 39.8 Å². The number of benzene rings is 1. The second kappa shape index (κ2) is 4.68. The van der Waals surface area contributed by atoms with Crippen LogP contribution in [0.1, 0.15) is 5.56 Å². The molecule has 1 fully saturated rings.